The predicted octanol–water partition coefficient (Wildman–Crippen LogP) is 4.00. The van der Waals surface area contributed by atoms with E-state index >= 15 is 0 Å². The van der Waals surface area contributed by atoms with Crippen LogP contribution in [0.5, 0.6) is 0 Å². The van der Waals surface area contributed by atoms with E-state index in [-0.39, 0.29) is 31.1 Å². The van der Waals surface area contributed by atoms with Gasteiger partial charge >= 0.3 is 0 Å². The largest absolute Gasteiger partial charge is 0.338 e. The number of rotatable bonds is 6. The number of nitrogens with zero attached hydrogens (tertiary/aromatic N) is 1. The Labute approximate surface area is 149 Å². The normalized spacial score (nSPS) is 10.4. The van der Waals surface area contributed by atoms with Gasteiger partial charge in [-0.15, -0.1) is 0 Å². The Morgan fingerprint density at radius 1 is 1.12 bits per heavy atom. The molecule has 0 saturated carbocycles. The fourth-order valence-electron chi connectivity index (χ4n) is 2.21. The van der Waals surface area contributed by atoms with Crippen LogP contribution in [0.4, 0.5) is 14.5 Å². The number of carbonyl (C=O) groups is 2. The van der Waals surface area contributed by atoms with Crippen molar-refractivity contribution in [3.63, 3.8) is 0 Å². The fourth-order valence-corrected chi connectivity index (χ4v) is 2.41. The molecule has 0 bridgehead atoms. The van der Waals surface area contributed by atoms with Gasteiger partial charge in [-0.25, -0.2) is 8.78 Å². The number of nitrogens with one attached hydrogen (secondary N) is 1. The van der Waals surface area contributed by atoms with Gasteiger partial charge in [-0.05, 0) is 23.8 Å². The summed E-state index contributed by atoms with van der Waals surface area (Å²) in [5.41, 5.74) is 0.935. The third kappa shape index (κ3) is 5.53. The molecule has 2 amide bonds. The van der Waals surface area contributed by atoms with Crippen molar-refractivity contribution in [3.05, 3.63) is 64.7 Å². The van der Waals surface area contributed by atoms with Crippen LogP contribution in [0.15, 0.2) is 42.5 Å². The van der Waals surface area contributed by atoms with Crippen molar-refractivity contribution in [2.75, 3.05) is 11.9 Å². The second kappa shape index (κ2) is 8.58. The molecule has 0 aliphatic heterocycles. The van der Waals surface area contributed by atoms with Crippen LogP contribution in [-0.2, 0) is 16.1 Å². The standard InChI is InChI=1S/C18H17ClF2N2O2/c1-12(24)23(11-13-4-2-3-5-15(13)19)9-8-18(25)22-14-6-7-16(20)17(21)10-14/h2-7,10H,8-9,11H2,1H3,(H,22,25). The summed E-state index contributed by atoms with van der Waals surface area (Å²) in [4.78, 5) is 25.2. The third-order valence-corrected chi connectivity index (χ3v) is 3.95. The molecule has 25 heavy (non-hydrogen) atoms. The van der Waals surface area contributed by atoms with Crippen LogP contribution in [0.2, 0.25) is 5.02 Å². The van der Waals surface area contributed by atoms with Gasteiger partial charge in [-0.1, -0.05) is 29.8 Å². The van der Waals surface area contributed by atoms with Gasteiger partial charge in [-0.2, -0.15) is 0 Å². The molecule has 4 nitrogen and oxygen atoms in total. The monoisotopic (exact) mass is 366 g/mol. The van der Waals surface area contributed by atoms with E-state index in [1.807, 2.05) is 6.07 Å². The van der Waals surface area contributed by atoms with Crippen molar-refractivity contribution in [2.24, 2.45) is 0 Å². The Morgan fingerprint density at radius 3 is 2.48 bits per heavy atom. The van der Waals surface area contributed by atoms with E-state index in [2.05, 4.69) is 5.32 Å². The van der Waals surface area contributed by atoms with E-state index in [1.54, 1.807) is 18.2 Å². The smallest absolute Gasteiger partial charge is 0.226 e. The summed E-state index contributed by atoms with van der Waals surface area (Å²) in [5.74, 6) is -2.63. The third-order valence-electron chi connectivity index (χ3n) is 3.58. The van der Waals surface area contributed by atoms with Gasteiger partial charge in [0.2, 0.25) is 11.8 Å². The Hall–Kier alpha value is -2.47. The number of hydrogen-bond acceptors (Lipinski definition) is 2. The van der Waals surface area contributed by atoms with Gasteiger partial charge in [0, 0.05) is 43.2 Å². The van der Waals surface area contributed by atoms with Gasteiger partial charge in [0.1, 0.15) is 0 Å². The topological polar surface area (TPSA) is 49.4 Å². The first-order valence-corrected chi connectivity index (χ1v) is 7.98. The van der Waals surface area contributed by atoms with Crippen LogP contribution in [0, 0.1) is 11.6 Å². The molecule has 0 aliphatic rings. The van der Waals surface area contributed by atoms with Crippen LogP contribution in [0.25, 0.3) is 0 Å². The van der Waals surface area contributed by atoms with E-state index in [9.17, 15) is 18.4 Å². The maximum Gasteiger partial charge on any atom is 0.226 e. The quantitative estimate of drug-likeness (QED) is 0.840. The van der Waals surface area contributed by atoms with Gasteiger partial charge < -0.3 is 10.2 Å². The average molecular weight is 367 g/mol. The van der Waals surface area contributed by atoms with Gasteiger partial charge in [0.05, 0.1) is 0 Å². The van der Waals surface area contributed by atoms with Crippen molar-refractivity contribution < 1.29 is 18.4 Å². The van der Waals surface area contributed by atoms with Crippen molar-refractivity contribution in [3.8, 4) is 0 Å². The maximum absolute atomic E-state index is 13.1. The molecule has 0 unspecified atom stereocenters. The molecule has 0 heterocycles. The van der Waals surface area contributed by atoms with E-state index in [0.29, 0.717) is 5.02 Å². The lowest BCUT2D eigenvalue weighted by Crippen LogP contribution is -2.31. The van der Waals surface area contributed by atoms with E-state index in [1.165, 1.54) is 17.9 Å². The summed E-state index contributed by atoms with van der Waals surface area (Å²) in [7, 11) is 0. The van der Waals surface area contributed by atoms with Crippen molar-refractivity contribution in [2.45, 2.75) is 19.9 Å². The summed E-state index contributed by atoms with van der Waals surface area (Å²) >= 11 is 6.09. The highest BCUT2D eigenvalue weighted by atomic mass is 35.5. The molecule has 0 aliphatic carbocycles. The molecule has 0 fully saturated rings. The Balaban J connectivity index is 1.94. The predicted molar refractivity (Wildman–Crippen MR) is 92.1 cm³/mol. The molecule has 2 aromatic carbocycles. The number of carbonyl (C=O) groups excluding carboxylic acids is 2. The number of benzene rings is 2. The molecule has 2 rings (SSSR count). The van der Waals surface area contributed by atoms with Crippen molar-refractivity contribution in [1.29, 1.82) is 0 Å². The van der Waals surface area contributed by atoms with Crippen molar-refractivity contribution >= 4 is 29.1 Å². The van der Waals surface area contributed by atoms with E-state index in [4.69, 9.17) is 11.6 Å². The van der Waals surface area contributed by atoms with E-state index < -0.39 is 17.5 Å². The second-order valence-corrected chi connectivity index (χ2v) is 5.87. The lowest BCUT2D eigenvalue weighted by atomic mass is 10.2. The molecule has 0 saturated heterocycles. The first-order valence-electron chi connectivity index (χ1n) is 7.60. The second-order valence-electron chi connectivity index (χ2n) is 5.46. The molecule has 0 spiro atoms. The highest BCUT2D eigenvalue weighted by Crippen LogP contribution is 2.18. The zero-order valence-corrected chi connectivity index (χ0v) is 14.3. The molecule has 1 N–H and O–H groups in total. The summed E-state index contributed by atoms with van der Waals surface area (Å²) < 4.78 is 26.0. The lowest BCUT2D eigenvalue weighted by molar-refractivity contribution is -0.129. The SMILES string of the molecule is CC(=O)N(CCC(=O)Nc1ccc(F)c(F)c1)Cc1ccccc1Cl. The zero-order valence-electron chi connectivity index (χ0n) is 13.6. The number of hydrogen-bond donors (Lipinski definition) is 1. The molecule has 7 heteroatoms. The minimum absolute atomic E-state index is 0.0169. The molecule has 0 aromatic heterocycles. The molecule has 132 valence electrons. The number of amides is 2. The van der Waals surface area contributed by atoms with Gasteiger partial charge in [-0.3, -0.25) is 9.59 Å². The van der Waals surface area contributed by atoms with Crippen LogP contribution >= 0.6 is 11.6 Å². The highest BCUT2D eigenvalue weighted by molar-refractivity contribution is 6.31. The zero-order chi connectivity index (χ0) is 18.4. The number of halogens is 3. The molecular weight excluding hydrogens is 350 g/mol. The minimum atomic E-state index is -1.04. The first kappa shape index (κ1) is 18.9. The van der Waals surface area contributed by atoms with E-state index in [0.717, 1.165) is 17.7 Å². The van der Waals surface area contributed by atoms with Crippen LogP contribution in [-0.4, -0.2) is 23.3 Å². The van der Waals surface area contributed by atoms with Gasteiger partial charge in [0.15, 0.2) is 11.6 Å². The summed E-state index contributed by atoms with van der Waals surface area (Å²) in [6.45, 7) is 1.87. The van der Waals surface area contributed by atoms with Crippen LogP contribution in [0.3, 0.4) is 0 Å². The molecule has 2 aromatic rings. The summed E-state index contributed by atoms with van der Waals surface area (Å²) in [6.07, 6.45) is 0.0169. The summed E-state index contributed by atoms with van der Waals surface area (Å²) in [6, 6.07) is 10.2. The maximum atomic E-state index is 13.1. The average Bonchev–Trinajstić information content (AvgIpc) is 2.56. The fraction of sp³-hybridized carbons (Fsp3) is 0.222. The lowest BCUT2D eigenvalue weighted by Gasteiger charge is -2.21. The molecule has 0 atom stereocenters. The first-order chi connectivity index (χ1) is 11.9. The van der Waals surface area contributed by atoms with Crippen molar-refractivity contribution in [1.82, 2.24) is 4.90 Å². The van der Waals surface area contributed by atoms with Crippen LogP contribution in [0.1, 0.15) is 18.9 Å². The van der Waals surface area contributed by atoms with Crippen LogP contribution < -0.4 is 5.32 Å². The highest BCUT2D eigenvalue weighted by Gasteiger charge is 2.14. The van der Waals surface area contributed by atoms with Gasteiger partial charge in [0.25, 0.3) is 0 Å². The molecule has 0 radical (unpaired) electrons. The Kier molecular flexibility index (Phi) is 6.47. The number of anilines is 1. The molecular formula is C18H17ClF2N2O2. The minimum Gasteiger partial charge on any atom is -0.338 e. The Bertz CT molecular complexity index is 783. The Morgan fingerprint density at radius 2 is 1.84 bits per heavy atom. The summed E-state index contributed by atoms with van der Waals surface area (Å²) in [5, 5.41) is 3.01.